The maximum absolute atomic E-state index is 6.25. The SMILES string of the molecule is [B][C@@]1(C[C@H](C)NC)C2C3CC321. The molecule has 1 spiro atoms. The second-order valence-electron chi connectivity index (χ2n) is 4.76. The molecule has 0 saturated heterocycles. The summed E-state index contributed by atoms with van der Waals surface area (Å²) in [5, 5.41) is 3.54. The molecule has 0 aromatic rings. The molecule has 0 aromatic carbocycles. The lowest BCUT2D eigenvalue weighted by Gasteiger charge is -2.20. The first-order valence-electron chi connectivity index (χ1n) is 4.63. The van der Waals surface area contributed by atoms with Crippen LogP contribution in [0.4, 0.5) is 0 Å². The van der Waals surface area contributed by atoms with Crippen LogP contribution in [-0.2, 0) is 0 Å². The highest BCUT2D eigenvalue weighted by Crippen LogP contribution is 3.10. The summed E-state index contributed by atoms with van der Waals surface area (Å²) in [6.07, 6.45) is 2.63. The first kappa shape index (κ1) is 6.53. The van der Waals surface area contributed by atoms with Crippen molar-refractivity contribution in [2.24, 2.45) is 17.3 Å². The third-order valence-corrected chi connectivity index (χ3v) is 4.38. The summed E-state index contributed by atoms with van der Waals surface area (Å²) in [5.41, 5.74) is 0.706. The van der Waals surface area contributed by atoms with Gasteiger partial charge >= 0.3 is 0 Å². The van der Waals surface area contributed by atoms with Gasteiger partial charge in [0.2, 0.25) is 0 Å². The van der Waals surface area contributed by atoms with Crippen LogP contribution < -0.4 is 5.32 Å². The Labute approximate surface area is 69.3 Å². The van der Waals surface area contributed by atoms with Gasteiger partial charge in [0.1, 0.15) is 0 Å². The van der Waals surface area contributed by atoms with Crippen LogP contribution in [0.1, 0.15) is 19.8 Å². The zero-order chi connectivity index (χ0) is 7.85. The molecule has 3 saturated carbocycles. The Bertz CT molecular complexity index is 230. The van der Waals surface area contributed by atoms with Gasteiger partial charge in [-0.1, -0.05) is 5.31 Å². The molecule has 1 N–H and O–H groups in total. The van der Waals surface area contributed by atoms with Crippen LogP contribution in [0.2, 0.25) is 5.31 Å². The predicted molar refractivity (Wildman–Crippen MR) is 45.6 cm³/mol. The molecule has 0 aliphatic heterocycles. The number of fused-ring (bicyclic) bond motifs is 1. The lowest BCUT2D eigenvalue weighted by Crippen LogP contribution is -2.25. The summed E-state index contributed by atoms with van der Waals surface area (Å²) in [6, 6.07) is 0.600. The van der Waals surface area contributed by atoms with E-state index in [0.29, 0.717) is 11.5 Å². The van der Waals surface area contributed by atoms with E-state index in [-0.39, 0.29) is 5.31 Å². The third kappa shape index (κ3) is 0.471. The standard InChI is InChI=1S/C9H14BN/c1-5(11-2)3-9(10)7-6-4-8(6,7)9/h5-7,11H,3-4H2,1-2H3/t5-,6?,7?,8?,9-/m0/s1. The zero-order valence-electron chi connectivity index (χ0n) is 7.22. The highest BCUT2D eigenvalue weighted by molar-refractivity contribution is 6.22. The normalized spacial score (nSPS) is 64.5. The van der Waals surface area contributed by atoms with E-state index < -0.39 is 0 Å². The molecule has 11 heavy (non-hydrogen) atoms. The second-order valence-corrected chi connectivity index (χ2v) is 4.76. The number of hydrogen-bond acceptors (Lipinski definition) is 1. The van der Waals surface area contributed by atoms with Crippen LogP contribution in [-0.4, -0.2) is 20.9 Å². The van der Waals surface area contributed by atoms with Crippen LogP contribution in [0.5, 0.6) is 0 Å². The molecule has 0 aromatic heterocycles. The van der Waals surface area contributed by atoms with Crippen molar-refractivity contribution < 1.29 is 0 Å². The topological polar surface area (TPSA) is 12.0 Å². The van der Waals surface area contributed by atoms with Gasteiger partial charge in [-0.15, -0.1) is 0 Å². The van der Waals surface area contributed by atoms with Crippen molar-refractivity contribution >= 4 is 7.85 Å². The van der Waals surface area contributed by atoms with Gasteiger partial charge in [0.15, 0.2) is 0 Å². The molecular formula is C9H14BN. The molecule has 1 nitrogen and oxygen atoms in total. The highest BCUT2D eigenvalue weighted by atomic mass is 15.1. The largest absolute Gasteiger partial charge is 0.317 e. The van der Waals surface area contributed by atoms with E-state index in [1.54, 1.807) is 0 Å². The van der Waals surface area contributed by atoms with Crippen molar-refractivity contribution in [1.29, 1.82) is 0 Å². The average molecular weight is 147 g/mol. The van der Waals surface area contributed by atoms with E-state index >= 15 is 0 Å². The summed E-state index contributed by atoms with van der Waals surface area (Å²) in [7, 11) is 8.27. The molecule has 3 unspecified atom stereocenters. The maximum atomic E-state index is 6.25. The van der Waals surface area contributed by atoms with Crippen LogP contribution in [0.3, 0.4) is 0 Å². The van der Waals surface area contributed by atoms with E-state index in [0.717, 1.165) is 11.8 Å². The zero-order valence-corrected chi connectivity index (χ0v) is 7.22. The van der Waals surface area contributed by atoms with Gasteiger partial charge in [0, 0.05) is 6.04 Å². The van der Waals surface area contributed by atoms with Gasteiger partial charge in [-0.05, 0) is 44.1 Å². The Morgan fingerprint density at radius 2 is 2.36 bits per heavy atom. The van der Waals surface area contributed by atoms with E-state index in [2.05, 4.69) is 12.2 Å². The predicted octanol–water partition coefficient (Wildman–Crippen LogP) is 0.961. The molecule has 2 heteroatoms. The van der Waals surface area contributed by atoms with Gasteiger partial charge in [-0.3, -0.25) is 0 Å². The summed E-state index contributed by atoms with van der Waals surface area (Å²) >= 11 is 0. The minimum absolute atomic E-state index is 0.278. The molecule has 5 atom stereocenters. The van der Waals surface area contributed by atoms with E-state index in [9.17, 15) is 0 Å². The maximum Gasteiger partial charge on any atom is 0.0759 e. The summed E-state index contributed by atoms with van der Waals surface area (Å²) < 4.78 is 0. The third-order valence-electron chi connectivity index (χ3n) is 4.38. The molecule has 0 amide bonds. The fourth-order valence-corrected chi connectivity index (χ4v) is 3.32. The van der Waals surface area contributed by atoms with E-state index in [1.165, 1.54) is 12.8 Å². The fraction of sp³-hybridized carbons (Fsp3) is 1.00. The van der Waals surface area contributed by atoms with Crippen molar-refractivity contribution in [2.75, 3.05) is 7.05 Å². The molecule has 3 fully saturated rings. The first-order valence-corrected chi connectivity index (χ1v) is 4.63. The van der Waals surface area contributed by atoms with Crippen molar-refractivity contribution in [1.82, 2.24) is 5.32 Å². The van der Waals surface area contributed by atoms with Crippen molar-refractivity contribution in [3.8, 4) is 0 Å². The molecule has 2 radical (unpaired) electrons. The van der Waals surface area contributed by atoms with Crippen LogP contribution in [0.25, 0.3) is 0 Å². The fourth-order valence-electron chi connectivity index (χ4n) is 3.32. The lowest BCUT2D eigenvalue weighted by molar-refractivity contribution is 0.474. The molecular weight excluding hydrogens is 133 g/mol. The van der Waals surface area contributed by atoms with Crippen molar-refractivity contribution in [3.05, 3.63) is 0 Å². The summed E-state index contributed by atoms with van der Waals surface area (Å²) in [5.74, 6) is 2.03. The van der Waals surface area contributed by atoms with Gasteiger partial charge in [-0.2, -0.15) is 0 Å². The van der Waals surface area contributed by atoms with Crippen LogP contribution in [0, 0.1) is 17.3 Å². The Morgan fingerprint density at radius 1 is 1.73 bits per heavy atom. The Kier molecular flexibility index (Phi) is 0.840. The summed E-state index contributed by atoms with van der Waals surface area (Å²) in [4.78, 5) is 0. The monoisotopic (exact) mass is 147 g/mol. The summed E-state index contributed by atoms with van der Waals surface area (Å²) in [6.45, 7) is 2.22. The van der Waals surface area contributed by atoms with E-state index in [4.69, 9.17) is 7.85 Å². The van der Waals surface area contributed by atoms with Crippen LogP contribution >= 0.6 is 0 Å². The van der Waals surface area contributed by atoms with Gasteiger partial charge < -0.3 is 5.32 Å². The number of nitrogens with one attached hydrogen (secondary N) is 1. The van der Waals surface area contributed by atoms with Gasteiger partial charge in [0.05, 0.1) is 7.85 Å². The van der Waals surface area contributed by atoms with Gasteiger partial charge in [-0.25, -0.2) is 0 Å². The quantitative estimate of drug-likeness (QED) is 0.586. The smallest absolute Gasteiger partial charge is 0.0759 e. The minimum Gasteiger partial charge on any atom is -0.317 e. The second kappa shape index (κ2) is 1.41. The van der Waals surface area contributed by atoms with E-state index in [1.807, 2.05) is 7.05 Å². The van der Waals surface area contributed by atoms with Crippen molar-refractivity contribution in [3.63, 3.8) is 0 Å². The molecule has 0 heterocycles. The highest BCUT2D eigenvalue weighted by Gasteiger charge is 3.01. The molecule has 3 rings (SSSR count). The molecule has 58 valence electrons. The molecule has 3 aliphatic carbocycles. The number of rotatable bonds is 3. The Balaban J connectivity index is 1.65. The average Bonchev–Trinajstić information content (AvgIpc) is 2.74. The number of hydrogen-bond donors (Lipinski definition) is 1. The first-order chi connectivity index (χ1) is 5.17. The Morgan fingerprint density at radius 3 is 2.73 bits per heavy atom. The lowest BCUT2D eigenvalue weighted by atomic mass is 9.70. The minimum atomic E-state index is 0.278. The molecule has 0 bridgehead atoms. The van der Waals surface area contributed by atoms with Crippen LogP contribution in [0.15, 0.2) is 0 Å². The Hall–Kier alpha value is 0.0249. The molecule has 3 aliphatic rings. The van der Waals surface area contributed by atoms with Crippen molar-refractivity contribution in [2.45, 2.75) is 31.1 Å². The van der Waals surface area contributed by atoms with Gasteiger partial charge in [0.25, 0.3) is 0 Å².